The zero-order chi connectivity index (χ0) is 17.9. The van der Waals surface area contributed by atoms with Crippen LogP contribution in [0.3, 0.4) is 0 Å². The molecule has 0 atom stereocenters. The summed E-state index contributed by atoms with van der Waals surface area (Å²) in [6.07, 6.45) is 1.52. The first-order valence-electron chi connectivity index (χ1n) is 8.64. The highest BCUT2D eigenvalue weighted by Gasteiger charge is 2.24. The zero-order valence-electron chi connectivity index (χ0n) is 14.6. The standard InChI is InChI=1S/C19H20N4O3/c1-14-4-2-5-15(12-14)18-20-17(21-26-18)13-22-7-9-23(10-8-22)19(24)16-6-3-11-25-16/h2-6,11-12H,7-10,13H2,1H3. The molecule has 1 aromatic carbocycles. The molecule has 0 unspecified atom stereocenters. The van der Waals surface area contributed by atoms with E-state index in [1.165, 1.54) is 6.26 Å². The molecule has 1 amide bonds. The molecule has 4 rings (SSSR count). The first-order valence-corrected chi connectivity index (χ1v) is 8.64. The predicted octanol–water partition coefficient (Wildman–Crippen LogP) is 2.60. The van der Waals surface area contributed by atoms with Gasteiger partial charge in [-0.15, -0.1) is 0 Å². The summed E-state index contributed by atoms with van der Waals surface area (Å²) < 4.78 is 10.6. The number of hydrogen-bond acceptors (Lipinski definition) is 6. The normalized spacial score (nSPS) is 15.3. The predicted molar refractivity (Wildman–Crippen MR) is 94.4 cm³/mol. The fourth-order valence-electron chi connectivity index (χ4n) is 3.08. The maximum Gasteiger partial charge on any atom is 0.289 e. The average Bonchev–Trinajstić information content (AvgIpc) is 3.34. The molecule has 7 heteroatoms. The van der Waals surface area contributed by atoms with Crippen LogP contribution in [0.5, 0.6) is 0 Å². The van der Waals surface area contributed by atoms with Crippen LogP contribution >= 0.6 is 0 Å². The van der Waals surface area contributed by atoms with Gasteiger partial charge in [-0.3, -0.25) is 9.69 Å². The molecule has 0 bridgehead atoms. The van der Waals surface area contributed by atoms with E-state index in [0.717, 1.165) is 24.2 Å². The van der Waals surface area contributed by atoms with Gasteiger partial charge in [0.1, 0.15) is 0 Å². The molecule has 26 heavy (non-hydrogen) atoms. The number of carbonyl (C=O) groups excluding carboxylic acids is 1. The summed E-state index contributed by atoms with van der Waals surface area (Å²) in [5, 5.41) is 4.09. The molecule has 3 heterocycles. The number of hydrogen-bond donors (Lipinski definition) is 0. The van der Waals surface area contributed by atoms with Gasteiger partial charge in [-0.25, -0.2) is 0 Å². The van der Waals surface area contributed by atoms with Crippen molar-refractivity contribution in [3.8, 4) is 11.5 Å². The molecule has 0 aliphatic carbocycles. The number of furan rings is 1. The molecule has 1 aliphatic rings. The van der Waals surface area contributed by atoms with Gasteiger partial charge in [-0.2, -0.15) is 4.98 Å². The summed E-state index contributed by atoms with van der Waals surface area (Å²) >= 11 is 0. The maximum absolute atomic E-state index is 12.3. The monoisotopic (exact) mass is 352 g/mol. The van der Waals surface area contributed by atoms with Crippen LogP contribution in [0.1, 0.15) is 21.9 Å². The van der Waals surface area contributed by atoms with E-state index in [9.17, 15) is 4.79 Å². The number of aryl methyl sites for hydroxylation is 1. The molecule has 0 N–H and O–H groups in total. The molecule has 7 nitrogen and oxygen atoms in total. The number of amides is 1. The topological polar surface area (TPSA) is 75.6 Å². The largest absolute Gasteiger partial charge is 0.459 e. The van der Waals surface area contributed by atoms with Crippen molar-refractivity contribution in [1.82, 2.24) is 19.9 Å². The van der Waals surface area contributed by atoms with Gasteiger partial charge >= 0.3 is 0 Å². The molecule has 0 radical (unpaired) electrons. The van der Waals surface area contributed by atoms with Crippen molar-refractivity contribution in [2.45, 2.75) is 13.5 Å². The van der Waals surface area contributed by atoms with E-state index in [0.29, 0.717) is 37.1 Å². The van der Waals surface area contributed by atoms with E-state index in [-0.39, 0.29) is 5.91 Å². The van der Waals surface area contributed by atoms with Crippen molar-refractivity contribution >= 4 is 5.91 Å². The Morgan fingerprint density at radius 2 is 2.00 bits per heavy atom. The number of rotatable bonds is 4. The molecule has 2 aromatic heterocycles. The van der Waals surface area contributed by atoms with Gasteiger partial charge in [0.15, 0.2) is 11.6 Å². The Hall–Kier alpha value is -2.93. The number of benzene rings is 1. The lowest BCUT2D eigenvalue weighted by Crippen LogP contribution is -2.48. The lowest BCUT2D eigenvalue weighted by molar-refractivity contribution is 0.0594. The average molecular weight is 352 g/mol. The fraction of sp³-hybridized carbons (Fsp3) is 0.316. The van der Waals surface area contributed by atoms with Gasteiger partial charge < -0.3 is 13.8 Å². The van der Waals surface area contributed by atoms with Crippen LogP contribution in [0.2, 0.25) is 0 Å². The first kappa shape index (κ1) is 16.5. The number of nitrogens with zero attached hydrogens (tertiary/aromatic N) is 4. The highest BCUT2D eigenvalue weighted by Crippen LogP contribution is 2.19. The Morgan fingerprint density at radius 1 is 1.15 bits per heavy atom. The third-order valence-corrected chi connectivity index (χ3v) is 4.49. The molecule has 134 valence electrons. The number of aromatic nitrogens is 2. The number of carbonyl (C=O) groups is 1. The van der Waals surface area contributed by atoms with Crippen LogP contribution in [0.4, 0.5) is 0 Å². The van der Waals surface area contributed by atoms with Crippen molar-refractivity contribution in [3.05, 3.63) is 59.8 Å². The molecular formula is C19H20N4O3. The minimum Gasteiger partial charge on any atom is -0.459 e. The van der Waals surface area contributed by atoms with Gasteiger partial charge in [0.25, 0.3) is 11.8 Å². The summed E-state index contributed by atoms with van der Waals surface area (Å²) in [5.74, 6) is 1.53. The third-order valence-electron chi connectivity index (χ3n) is 4.49. The smallest absolute Gasteiger partial charge is 0.289 e. The lowest BCUT2D eigenvalue weighted by atomic mass is 10.1. The summed E-state index contributed by atoms with van der Waals surface area (Å²) in [6.45, 7) is 5.48. The molecule has 1 saturated heterocycles. The molecule has 1 fully saturated rings. The van der Waals surface area contributed by atoms with Crippen molar-refractivity contribution in [2.24, 2.45) is 0 Å². The second-order valence-electron chi connectivity index (χ2n) is 6.43. The van der Waals surface area contributed by atoms with Crippen molar-refractivity contribution < 1.29 is 13.7 Å². The van der Waals surface area contributed by atoms with Crippen molar-refractivity contribution in [1.29, 1.82) is 0 Å². The first-order chi connectivity index (χ1) is 12.7. The van der Waals surface area contributed by atoms with Gasteiger partial charge in [0.2, 0.25) is 0 Å². The van der Waals surface area contributed by atoms with E-state index in [1.54, 1.807) is 12.1 Å². The fourth-order valence-corrected chi connectivity index (χ4v) is 3.08. The Labute approximate surface area is 151 Å². The highest BCUT2D eigenvalue weighted by molar-refractivity contribution is 5.91. The molecule has 1 aliphatic heterocycles. The second kappa shape index (κ2) is 7.13. The highest BCUT2D eigenvalue weighted by atomic mass is 16.5. The minimum atomic E-state index is -0.0593. The van der Waals surface area contributed by atoms with E-state index in [4.69, 9.17) is 8.94 Å². The van der Waals surface area contributed by atoms with E-state index in [2.05, 4.69) is 15.0 Å². The molecule has 3 aromatic rings. The third kappa shape index (κ3) is 3.52. The Balaban J connectivity index is 1.34. The van der Waals surface area contributed by atoms with Crippen LogP contribution in [0, 0.1) is 6.92 Å². The van der Waals surface area contributed by atoms with Crippen LogP contribution in [-0.2, 0) is 6.54 Å². The summed E-state index contributed by atoms with van der Waals surface area (Å²) in [5.41, 5.74) is 2.08. The Morgan fingerprint density at radius 3 is 2.73 bits per heavy atom. The Bertz CT molecular complexity index is 880. The van der Waals surface area contributed by atoms with Crippen LogP contribution < -0.4 is 0 Å². The zero-order valence-corrected chi connectivity index (χ0v) is 14.6. The number of piperazine rings is 1. The molecule has 0 spiro atoms. The minimum absolute atomic E-state index is 0.0593. The second-order valence-corrected chi connectivity index (χ2v) is 6.43. The van der Waals surface area contributed by atoms with Gasteiger partial charge in [-0.05, 0) is 31.2 Å². The van der Waals surface area contributed by atoms with E-state index < -0.39 is 0 Å². The van der Waals surface area contributed by atoms with E-state index in [1.807, 2.05) is 36.1 Å². The Kier molecular flexibility index (Phi) is 4.53. The lowest BCUT2D eigenvalue weighted by Gasteiger charge is -2.33. The van der Waals surface area contributed by atoms with Gasteiger partial charge in [0, 0.05) is 31.7 Å². The van der Waals surface area contributed by atoms with Crippen LogP contribution in [-0.4, -0.2) is 52.0 Å². The van der Waals surface area contributed by atoms with Crippen molar-refractivity contribution in [2.75, 3.05) is 26.2 Å². The van der Waals surface area contributed by atoms with Crippen molar-refractivity contribution in [3.63, 3.8) is 0 Å². The van der Waals surface area contributed by atoms with Crippen LogP contribution in [0.25, 0.3) is 11.5 Å². The summed E-state index contributed by atoms with van der Waals surface area (Å²) in [7, 11) is 0. The molecule has 0 saturated carbocycles. The van der Waals surface area contributed by atoms with Gasteiger partial charge in [-0.1, -0.05) is 22.9 Å². The summed E-state index contributed by atoms with van der Waals surface area (Å²) in [6, 6.07) is 11.4. The van der Waals surface area contributed by atoms with Gasteiger partial charge in [0.05, 0.1) is 12.8 Å². The maximum atomic E-state index is 12.3. The SMILES string of the molecule is Cc1cccc(-c2nc(CN3CCN(C(=O)c4ccco4)CC3)no2)c1. The van der Waals surface area contributed by atoms with Crippen LogP contribution in [0.15, 0.2) is 51.6 Å². The van der Waals surface area contributed by atoms with E-state index >= 15 is 0 Å². The summed E-state index contributed by atoms with van der Waals surface area (Å²) in [4.78, 5) is 20.8. The quantitative estimate of drug-likeness (QED) is 0.718. The molecular weight excluding hydrogens is 332 g/mol.